The fourth-order valence-electron chi connectivity index (χ4n) is 1.34. The first-order chi connectivity index (χ1) is 8.21. The Kier molecular flexibility index (Phi) is 5.05. The van der Waals surface area contributed by atoms with Crippen LogP contribution in [0.1, 0.15) is 16.8 Å². The number of ether oxygens (including phenoxy) is 1. The van der Waals surface area contributed by atoms with Gasteiger partial charge in [-0.25, -0.2) is 0 Å². The molecule has 0 saturated carbocycles. The Morgan fingerprint density at radius 1 is 1.65 bits per heavy atom. The predicted molar refractivity (Wildman–Crippen MR) is 64.8 cm³/mol. The van der Waals surface area contributed by atoms with E-state index in [2.05, 4.69) is 11.2 Å². The van der Waals surface area contributed by atoms with Crippen LogP contribution in [0.4, 0.5) is 0 Å². The van der Waals surface area contributed by atoms with Crippen molar-refractivity contribution in [3.63, 3.8) is 0 Å². The van der Waals surface area contributed by atoms with Crippen LogP contribution in [-0.2, 0) is 0 Å². The molecule has 4 nitrogen and oxygen atoms in total. The molecule has 0 heterocycles. The maximum Gasteiger partial charge on any atom is 0.251 e. The molecule has 0 bridgehead atoms. The van der Waals surface area contributed by atoms with Gasteiger partial charge in [0.05, 0.1) is 19.8 Å². The van der Waals surface area contributed by atoms with Crippen LogP contribution < -0.4 is 10.1 Å². The van der Waals surface area contributed by atoms with E-state index < -0.39 is 6.04 Å². The van der Waals surface area contributed by atoms with Crippen molar-refractivity contribution in [2.24, 2.45) is 0 Å². The Hall–Kier alpha value is -1.99. The zero-order valence-corrected chi connectivity index (χ0v) is 9.64. The molecule has 2 N–H and O–H groups in total. The van der Waals surface area contributed by atoms with Gasteiger partial charge in [0.1, 0.15) is 5.75 Å². The van der Waals surface area contributed by atoms with Crippen LogP contribution in [0.3, 0.4) is 0 Å². The zero-order valence-electron chi connectivity index (χ0n) is 9.64. The summed E-state index contributed by atoms with van der Waals surface area (Å²) in [5.74, 6) is 2.73. The topological polar surface area (TPSA) is 58.6 Å². The molecular formula is C13H15NO3. The lowest BCUT2D eigenvalue weighted by Crippen LogP contribution is -2.37. The lowest BCUT2D eigenvalue weighted by atomic mass is 10.1. The van der Waals surface area contributed by atoms with Crippen LogP contribution in [0.15, 0.2) is 24.3 Å². The van der Waals surface area contributed by atoms with Gasteiger partial charge < -0.3 is 15.2 Å². The summed E-state index contributed by atoms with van der Waals surface area (Å²) in [4.78, 5) is 11.8. The minimum atomic E-state index is -0.418. The van der Waals surface area contributed by atoms with E-state index >= 15 is 0 Å². The Labute approximate surface area is 101 Å². The number of terminal acetylenes is 1. The number of methoxy groups -OCH3 is 1. The largest absolute Gasteiger partial charge is 0.497 e. The van der Waals surface area contributed by atoms with E-state index in [0.717, 1.165) is 0 Å². The number of amides is 1. The quantitative estimate of drug-likeness (QED) is 0.740. The first-order valence-corrected chi connectivity index (χ1v) is 5.20. The van der Waals surface area contributed by atoms with Crippen molar-refractivity contribution in [1.82, 2.24) is 5.32 Å². The SMILES string of the molecule is C#CC[C@@H](CO)NC(=O)c1cccc(OC)c1. The van der Waals surface area contributed by atoms with Gasteiger partial charge in [0.15, 0.2) is 0 Å². The molecule has 0 unspecified atom stereocenters. The third kappa shape index (κ3) is 3.82. The van der Waals surface area contributed by atoms with Crippen LogP contribution in [0.2, 0.25) is 0 Å². The van der Waals surface area contributed by atoms with Crippen LogP contribution in [0.25, 0.3) is 0 Å². The lowest BCUT2D eigenvalue weighted by Gasteiger charge is -2.13. The van der Waals surface area contributed by atoms with E-state index in [-0.39, 0.29) is 12.5 Å². The second-order valence-electron chi connectivity index (χ2n) is 3.49. The minimum Gasteiger partial charge on any atom is -0.497 e. The molecule has 0 aromatic heterocycles. The molecule has 1 aromatic carbocycles. The summed E-state index contributed by atoms with van der Waals surface area (Å²) in [5.41, 5.74) is 0.472. The van der Waals surface area contributed by atoms with Crippen molar-refractivity contribution < 1.29 is 14.6 Å². The molecule has 90 valence electrons. The van der Waals surface area contributed by atoms with Crippen LogP contribution >= 0.6 is 0 Å². The van der Waals surface area contributed by atoms with Crippen molar-refractivity contribution >= 4 is 5.91 Å². The van der Waals surface area contributed by atoms with E-state index in [9.17, 15) is 4.79 Å². The average Bonchev–Trinajstić information content (AvgIpc) is 2.38. The van der Waals surface area contributed by atoms with Gasteiger partial charge in [-0.15, -0.1) is 12.3 Å². The lowest BCUT2D eigenvalue weighted by molar-refractivity contribution is 0.0917. The molecule has 1 aromatic rings. The van der Waals surface area contributed by atoms with Gasteiger partial charge >= 0.3 is 0 Å². The summed E-state index contributed by atoms with van der Waals surface area (Å²) < 4.78 is 5.02. The van der Waals surface area contributed by atoms with Gasteiger partial charge in [-0.1, -0.05) is 6.07 Å². The normalized spacial score (nSPS) is 11.4. The molecule has 0 spiro atoms. The zero-order chi connectivity index (χ0) is 12.7. The molecule has 0 aliphatic rings. The van der Waals surface area contributed by atoms with Crippen molar-refractivity contribution in [2.75, 3.05) is 13.7 Å². The molecule has 0 aliphatic carbocycles. The molecule has 0 fully saturated rings. The second kappa shape index (κ2) is 6.56. The third-order valence-corrected chi connectivity index (χ3v) is 2.25. The van der Waals surface area contributed by atoms with Gasteiger partial charge in [-0.2, -0.15) is 0 Å². The first-order valence-electron chi connectivity index (χ1n) is 5.20. The highest BCUT2D eigenvalue weighted by Gasteiger charge is 2.12. The highest BCUT2D eigenvalue weighted by atomic mass is 16.5. The van der Waals surface area contributed by atoms with Crippen molar-refractivity contribution in [3.05, 3.63) is 29.8 Å². The number of carbonyl (C=O) groups is 1. The summed E-state index contributed by atoms with van der Waals surface area (Å²) in [5, 5.41) is 11.7. The highest BCUT2D eigenvalue weighted by molar-refractivity contribution is 5.94. The van der Waals surface area contributed by atoms with Crippen LogP contribution in [0, 0.1) is 12.3 Å². The monoisotopic (exact) mass is 233 g/mol. The molecule has 17 heavy (non-hydrogen) atoms. The number of hydrogen-bond acceptors (Lipinski definition) is 3. The van der Waals surface area contributed by atoms with E-state index in [1.54, 1.807) is 24.3 Å². The van der Waals surface area contributed by atoms with E-state index in [4.69, 9.17) is 16.3 Å². The number of carbonyl (C=O) groups excluding carboxylic acids is 1. The van der Waals surface area contributed by atoms with Crippen LogP contribution in [-0.4, -0.2) is 30.8 Å². The highest BCUT2D eigenvalue weighted by Crippen LogP contribution is 2.12. The summed E-state index contributed by atoms with van der Waals surface area (Å²) in [6, 6.07) is 6.35. The second-order valence-corrected chi connectivity index (χ2v) is 3.49. The maximum atomic E-state index is 11.8. The van der Waals surface area contributed by atoms with Gasteiger partial charge in [0, 0.05) is 12.0 Å². The van der Waals surface area contributed by atoms with Gasteiger partial charge in [-0.3, -0.25) is 4.79 Å². The average molecular weight is 233 g/mol. The minimum absolute atomic E-state index is 0.181. The number of rotatable bonds is 5. The van der Waals surface area contributed by atoms with Crippen molar-refractivity contribution in [3.8, 4) is 18.1 Å². The summed E-state index contributed by atoms with van der Waals surface area (Å²) in [6.45, 7) is -0.181. The van der Waals surface area contributed by atoms with Crippen LogP contribution in [0.5, 0.6) is 5.75 Å². The third-order valence-electron chi connectivity index (χ3n) is 2.25. The van der Waals surface area contributed by atoms with E-state index in [0.29, 0.717) is 17.7 Å². The summed E-state index contributed by atoms with van der Waals surface area (Å²) in [7, 11) is 1.53. The fourth-order valence-corrected chi connectivity index (χ4v) is 1.34. The van der Waals surface area contributed by atoms with E-state index in [1.165, 1.54) is 7.11 Å². The Balaban J connectivity index is 2.72. The standard InChI is InChI=1S/C13H15NO3/c1-3-5-11(9-15)14-13(16)10-6-4-7-12(8-10)17-2/h1,4,6-8,11,15H,5,9H2,2H3,(H,14,16)/t11-/m0/s1. The predicted octanol–water partition coefficient (Wildman–Crippen LogP) is 0.809. The first kappa shape index (κ1) is 13.1. The fraction of sp³-hybridized carbons (Fsp3) is 0.308. The number of aliphatic hydroxyl groups excluding tert-OH is 1. The molecule has 0 saturated heterocycles. The van der Waals surface area contributed by atoms with Gasteiger partial charge in [0.2, 0.25) is 0 Å². The molecule has 4 heteroatoms. The number of nitrogens with one attached hydrogen (secondary N) is 1. The Morgan fingerprint density at radius 2 is 2.41 bits per heavy atom. The smallest absolute Gasteiger partial charge is 0.251 e. The molecule has 0 radical (unpaired) electrons. The molecule has 1 rings (SSSR count). The molecule has 0 aliphatic heterocycles. The Bertz CT molecular complexity index is 423. The van der Waals surface area contributed by atoms with E-state index in [1.807, 2.05) is 0 Å². The summed E-state index contributed by atoms with van der Waals surface area (Å²) >= 11 is 0. The number of benzene rings is 1. The summed E-state index contributed by atoms with van der Waals surface area (Å²) in [6.07, 6.45) is 5.43. The van der Waals surface area contributed by atoms with Crippen molar-refractivity contribution in [1.29, 1.82) is 0 Å². The molecular weight excluding hydrogens is 218 g/mol. The Morgan fingerprint density at radius 3 is 3.00 bits per heavy atom. The molecule has 1 amide bonds. The van der Waals surface area contributed by atoms with Gasteiger partial charge in [-0.05, 0) is 18.2 Å². The maximum absolute atomic E-state index is 11.8. The van der Waals surface area contributed by atoms with Gasteiger partial charge in [0.25, 0.3) is 5.91 Å². The molecule has 1 atom stereocenters. The number of hydrogen-bond donors (Lipinski definition) is 2. The number of aliphatic hydroxyl groups is 1. The van der Waals surface area contributed by atoms with Crippen molar-refractivity contribution in [2.45, 2.75) is 12.5 Å².